The van der Waals surface area contributed by atoms with E-state index in [0.29, 0.717) is 11.7 Å². The molecule has 4 atom stereocenters. The second kappa shape index (κ2) is 17.3. The molecule has 2 amide bonds. The van der Waals surface area contributed by atoms with Crippen LogP contribution in [0.2, 0.25) is 0 Å². The van der Waals surface area contributed by atoms with Gasteiger partial charge < -0.3 is 14.3 Å². The Kier molecular flexibility index (Phi) is 14.3. The second-order valence-electron chi connectivity index (χ2n) is 15.1. The van der Waals surface area contributed by atoms with E-state index in [-0.39, 0.29) is 10.7 Å². The minimum Gasteiger partial charge on any atom is -0.487 e. The molecule has 0 saturated carbocycles. The molecule has 2 heterocycles. The van der Waals surface area contributed by atoms with Crippen molar-refractivity contribution >= 4 is 33.9 Å². The summed E-state index contributed by atoms with van der Waals surface area (Å²) in [4.78, 5) is 53.8. The molecule has 0 radical (unpaired) electrons. The van der Waals surface area contributed by atoms with Crippen LogP contribution in [-0.2, 0) is 40.6 Å². The molecule has 1 saturated heterocycles. The summed E-state index contributed by atoms with van der Waals surface area (Å²) in [5.41, 5.74) is 3.17. The van der Waals surface area contributed by atoms with Gasteiger partial charge in [0.15, 0.2) is 5.25 Å². The van der Waals surface area contributed by atoms with E-state index in [1.165, 1.54) is 44.9 Å². The third kappa shape index (κ3) is 11.3. The van der Waals surface area contributed by atoms with Crippen molar-refractivity contribution < 1.29 is 46.5 Å². The molecule has 1 N–H and O–H groups in total. The van der Waals surface area contributed by atoms with E-state index in [4.69, 9.17) is 18.9 Å². The van der Waals surface area contributed by atoms with Crippen LogP contribution in [0.5, 0.6) is 11.5 Å². The number of carbonyl (C=O) groups excluding carboxylic acids is 4. The SMILES string of the molecule is Cc1c(C)c2c(c(C)c1OC(=O)CCC(=O)ON1C(=O)C[C@@H](S(=O)(=O)O)C1=O)CC[C@@](C)(CCC[C@H](C)CCC[C@H](C)CCCC(C)C)O2. The quantitative estimate of drug-likeness (QED) is 0.0712. The topological polar surface area (TPSA) is 154 Å². The molecule has 49 heavy (non-hydrogen) atoms. The second-order valence-corrected chi connectivity index (χ2v) is 16.7. The molecular weight excluding hydrogens is 650 g/mol. The van der Waals surface area contributed by atoms with Crippen LogP contribution in [0.25, 0.3) is 0 Å². The highest BCUT2D eigenvalue weighted by molar-refractivity contribution is 7.87. The number of benzene rings is 1. The van der Waals surface area contributed by atoms with Gasteiger partial charge in [0.05, 0.1) is 19.3 Å². The van der Waals surface area contributed by atoms with Gasteiger partial charge in [-0.2, -0.15) is 8.42 Å². The highest BCUT2D eigenvalue weighted by Gasteiger charge is 2.48. The van der Waals surface area contributed by atoms with Crippen molar-refractivity contribution in [1.29, 1.82) is 0 Å². The number of rotatable bonds is 18. The Balaban J connectivity index is 1.49. The van der Waals surface area contributed by atoms with Crippen LogP contribution in [0.1, 0.15) is 140 Å². The largest absolute Gasteiger partial charge is 0.487 e. The average molecular weight is 708 g/mol. The molecular formula is C37H57NO10S. The van der Waals surface area contributed by atoms with Crippen LogP contribution in [0.4, 0.5) is 0 Å². The van der Waals surface area contributed by atoms with E-state index in [1.807, 2.05) is 20.8 Å². The number of hydrogen-bond acceptors (Lipinski definition) is 9. The Hall–Kier alpha value is -2.99. The van der Waals surface area contributed by atoms with E-state index in [9.17, 15) is 27.6 Å². The number of carbonyl (C=O) groups is 4. The average Bonchev–Trinajstić information content (AvgIpc) is 3.29. The maximum Gasteiger partial charge on any atom is 0.333 e. The molecule has 276 valence electrons. The number of imide groups is 1. The molecule has 0 bridgehead atoms. The summed E-state index contributed by atoms with van der Waals surface area (Å²) < 4.78 is 44.1. The maximum absolute atomic E-state index is 12.8. The first kappa shape index (κ1) is 40.4. The highest BCUT2D eigenvalue weighted by Crippen LogP contribution is 2.45. The van der Waals surface area contributed by atoms with Crippen molar-refractivity contribution in [1.82, 2.24) is 5.06 Å². The molecule has 0 spiro atoms. The van der Waals surface area contributed by atoms with Crippen molar-refractivity contribution in [2.75, 3.05) is 0 Å². The molecule has 3 rings (SSSR count). The third-order valence-electron chi connectivity index (χ3n) is 10.2. The van der Waals surface area contributed by atoms with Gasteiger partial charge in [0.1, 0.15) is 17.1 Å². The standard InChI is InChI=1S/C37H57NO10S/c1-23(2)12-9-13-24(3)14-10-15-25(4)16-11-20-37(8)21-19-29-28(7)34(26(5)27(6)35(29)47-37)46-32(40)17-18-33(41)48-38-31(39)22-30(36(38)42)49(43,44)45/h23-25,30H,9-22H2,1-8H3,(H,43,44,45)/t24-,25-,30-,37-/m1/s1. The molecule has 1 aromatic carbocycles. The van der Waals surface area contributed by atoms with Crippen molar-refractivity contribution in [3.8, 4) is 11.5 Å². The summed E-state index contributed by atoms with van der Waals surface area (Å²) in [5, 5.41) is -2.01. The molecule has 0 aromatic heterocycles. The first-order chi connectivity index (χ1) is 22.8. The van der Waals surface area contributed by atoms with Gasteiger partial charge in [-0.25, -0.2) is 4.79 Å². The molecule has 1 aromatic rings. The van der Waals surface area contributed by atoms with E-state index >= 15 is 0 Å². The number of nitrogens with zero attached hydrogens (tertiary/aromatic N) is 1. The molecule has 11 nitrogen and oxygen atoms in total. The third-order valence-corrected chi connectivity index (χ3v) is 11.3. The van der Waals surface area contributed by atoms with Gasteiger partial charge >= 0.3 is 11.9 Å². The Labute approximate surface area is 292 Å². The molecule has 0 aliphatic carbocycles. The Bertz CT molecular complexity index is 1490. The van der Waals surface area contributed by atoms with Crippen LogP contribution in [-0.4, -0.2) is 52.6 Å². The van der Waals surface area contributed by atoms with Gasteiger partial charge in [-0.15, -0.1) is 5.06 Å². The maximum atomic E-state index is 12.8. The normalized spacial score (nSPS) is 20.6. The van der Waals surface area contributed by atoms with E-state index in [0.717, 1.165) is 65.5 Å². The van der Waals surface area contributed by atoms with Crippen LogP contribution in [0.15, 0.2) is 0 Å². The number of hydroxylamine groups is 2. The number of hydrogen-bond donors (Lipinski definition) is 1. The van der Waals surface area contributed by atoms with Crippen LogP contribution >= 0.6 is 0 Å². The van der Waals surface area contributed by atoms with Gasteiger partial charge in [-0.1, -0.05) is 72.6 Å². The fourth-order valence-electron chi connectivity index (χ4n) is 6.84. The lowest BCUT2D eigenvalue weighted by molar-refractivity contribution is -0.197. The van der Waals surface area contributed by atoms with Crippen molar-refractivity contribution in [3.63, 3.8) is 0 Å². The van der Waals surface area contributed by atoms with E-state index in [1.54, 1.807) is 0 Å². The predicted octanol–water partition coefficient (Wildman–Crippen LogP) is 7.29. The van der Waals surface area contributed by atoms with Crippen molar-refractivity contribution in [3.05, 3.63) is 22.3 Å². The van der Waals surface area contributed by atoms with Gasteiger partial charge in [0, 0.05) is 5.56 Å². The number of ether oxygens (including phenoxy) is 2. The summed E-state index contributed by atoms with van der Waals surface area (Å²) in [6.45, 7) is 17.2. The summed E-state index contributed by atoms with van der Waals surface area (Å²) >= 11 is 0. The van der Waals surface area contributed by atoms with Gasteiger partial charge in [-0.3, -0.25) is 18.9 Å². The summed E-state index contributed by atoms with van der Waals surface area (Å²) in [6, 6.07) is 0. The van der Waals surface area contributed by atoms with Gasteiger partial charge in [0.25, 0.3) is 21.9 Å². The molecule has 2 aliphatic heterocycles. The van der Waals surface area contributed by atoms with Crippen LogP contribution in [0, 0.1) is 38.5 Å². The minimum atomic E-state index is -4.84. The number of amides is 2. The lowest BCUT2D eigenvalue weighted by Gasteiger charge is -2.38. The van der Waals surface area contributed by atoms with Crippen LogP contribution in [0.3, 0.4) is 0 Å². The molecule has 1 fully saturated rings. The molecule has 0 unspecified atom stereocenters. The zero-order valence-corrected chi connectivity index (χ0v) is 31.5. The summed E-state index contributed by atoms with van der Waals surface area (Å²) in [7, 11) is -4.84. The summed E-state index contributed by atoms with van der Waals surface area (Å²) in [6.07, 6.45) is 11.0. The predicted molar refractivity (Wildman–Crippen MR) is 185 cm³/mol. The fraction of sp³-hybridized carbons (Fsp3) is 0.730. The molecule has 12 heteroatoms. The highest BCUT2D eigenvalue weighted by atomic mass is 32.2. The smallest absolute Gasteiger partial charge is 0.333 e. The molecule has 2 aliphatic rings. The minimum absolute atomic E-state index is 0.0134. The van der Waals surface area contributed by atoms with Crippen LogP contribution < -0.4 is 9.47 Å². The van der Waals surface area contributed by atoms with Crippen molar-refractivity contribution in [2.24, 2.45) is 17.8 Å². The van der Waals surface area contributed by atoms with E-state index < -0.39 is 58.4 Å². The lowest BCUT2D eigenvalue weighted by atomic mass is 9.83. The lowest BCUT2D eigenvalue weighted by Crippen LogP contribution is -2.37. The first-order valence-electron chi connectivity index (χ1n) is 17.9. The Morgan fingerprint density at radius 3 is 2.04 bits per heavy atom. The zero-order chi connectivity index (χ0) is 36.7. The van der Waals surface area contributed by atoms with Crippen molar-refractivity contribution in [2.45, 2.75) is 156 Å². The van der Waals surface area contributed by atoms with Gasteiger partial charge in [-0.05, 0) is 87.8 Å². The first-order valence-corrected chi connectivity index (χ1v) is 19.4. The fourth-order valence-corrected chi connectivity index (χ4v) is 7.54. The van der Waals surface area contributed by atoms with Gasteiger partial charge in [0.2, 0.25) is 0 Å². The Morgan fingerprint density at radius 2 is 1.47 bits per heavy atom. The Morgan fingerprint density at radius 1 is 0.898 bits per heavy atom. The zero-order valence-electron chi connectivity index (χ0n) is 30.7. The number of fused-ring (bicyclic) bond motifs is 1. The summed E-state index contributed by atoms with van der Waals surface area (Å²) in [5.74, 6) is -0.737. The van der Waals surface area contributed by atoms with E-state index in [2.05, 4.69) is 34.6 Å². The monoisotopic (exact) mass is 707 g/mol. The number of esters is 1.